The Kier molecular flexibility index (Phi) is 9.26. The average Bonchev–Trinajstić information content (AvgIpc) is 2.71. The second kappa shape index (κ2) is 11.4. The smallest absolute Gasteiger partial charge is 0.242 e. The quantitative estimate of drug-likeness (QED) is 0.575. The van der Waals surface area contributed by atoms with Crippen LogP contribution in [0.15, 0.2) is 48.5 Å². The standard InChI is InChI=1S/C24H31ClN2O3S/c1-17(23(29)26-24(2,3)4)27(14-19-7-6-8-21(13-19)30-5)22(28)16-31-15-18-9-11-20(25)12-10-18/h6-13,17H,14-16H2,1-5H3,(H,26,29). The Morgan fingerprint density at radius 3 is 2.42 bits per heavy atom. The zero-order valence-electron chi connectivity index (χ0n) is 18.8. The topological polar surface area (TPSA) is 58.6 Å². The summed E-state index contributed by atoms with van der Waals surface area (Å²) in [5.74, 6) is 1.43. The first-order valence-corrected chi connectivity index (χ1v) is 11.7. The summed E-state index contributed by atoms with van der Waals surface area (Å²) in [7, 11) is 1.61. The summed E-state index contributed by atoms with van der Waals surface area (Å²) < 4.78 is 5.30. The van der Waals surface area contributed by atoms with Crippen LogP contribution in [-0.2, 0) is 21.9 Å². The van der Waals surface area contributed by atoms with E-state index in [1.54, 1.807) is 18.9 Å². The van der Waals surface area contributed by atoms with Gasteiger partial charge in [-0.15, -0.1) is 11.8 Å². The number of nitrogens with zero attached hydrogens (tertiary/aromatic N) is 1. The lowest BCUT2D eigenvalue weighted by atomic mass is 10.1. The van der Waals surface area contributed by atoms with Gasteiger partial charge in [0, 0.05) is 22.9 Å². The first-order chi connectivity index (χ1) is 14.6. The predicted octanol–water partition coefficient (Wildman–Crippen LogP) is 4.91. The van der Waals surface area contributed by atoms with Gasteiger partial charge in [0.2, 0.25) is 11.8 Å². The highest BCUT2D eigenvalue weighted by Gasteiger charge is 2.28. The summed E-state index contributed by atoms with van der Waals surface area (Å²) in [5.41, 5.74) is 1.63. The molecule has 0 spiro atoms. The molecule has 0 bridgehead atoms. The summed E-state index contributed by atoms with van der Waals surface area (Å²) >= 11 is 7.45. The molecule has 0 fully saturated rings. The molecule has 2 aromatic rings. The SMILES string of the molecule is COc1cccc(CN(C(=O)CSCc2ccc(Cl)cc2)C(C)C(=O)NC(C)(C)C)c1. The fraction of sp³-hybridized carbons (Fsp3) is 0.417. The van der Waals surface area contributed by atoms with Gasteiger partial charge in [0.05, 0.1) is 12.9 Å². The third kappa shape index (κ3) is 8.46. The van der Waals surface area contributed by atoms with Gasteiger partial charge in [-0.25, -0.2) is 0 Å². The van der Waals surface area contributed by atoms with Crippen molar-refractivity contribution in [3.05, 3.63) is 64.7 Å². The number of carbonyl (C=O) groups is 2. The van der Waals surface area contributed by atoms with Crippen LogP contribution in [0.3, 0.4) is 0 Å². The molecule has 1 atom stereocenters. The Hall–Kier alpha value is -2.18. The number of halogens is 1. The average molecular weight is 463 g/mol. The molecule has 0 heterocycles. The van der Waals surface area contributed by atoms with Crippen molar-refractivity contribution < 1.29 is 14.3 Å². The highest BCUT2D eigenvalue weighted by molar-refractivity contribution is 7.99. The Labute approximate surface area is 194 Å². The van der Waals surface area contributed by atoms with E-state index in [0.717, 1.165) is 11.1 Å². The number of hydrogen-bond acceptors (Lipinski definition) is 4. The minimum atomic E-state index is -0.603. The highest BCUT2D eigenvalue weighted by Crippen LogP contribution is 2.19. The summed E-state index contributed by atoms with van der Waals surface area (Å²) in [6.07, 6.45) is 0. The maximum atomic E-state index is 13.1. The minimum Gasteiger partial charge on any atom is -0.497 e. The van der Waals surface area contributed by atoms with Crippen molar-refractivity contribution in [1.29, 1.82) is 0 Å². The van der Waals surface area contributed by atoms with Gasteiger partial charge in [0.1, 0.15) is 11.8 Å². The van der Waals surface area contributed by atoms with Gasteiger partial charge in [-0.2, -0.15) is 0 Å². The minimum absolute atomic E-state index is 0.0849. The molecule has 0 aliphatic rings. The number of nitrogens with one attached hydrogen (secondary N) is 1. The lowest BCUT2D eigenvalue weighted by Gasteiger charge is -2.31. The molecule has 0 aliphatic carbocycles. The highest BCUT2D eigenvalue weighted by atomic mass is 35.5. The third-order valence-electron chi connectivity index (χ3n) is 4.56. The van der Waals surface area contributed by atoms with E-state index in [0.29, 0.717) is 23.1 Å². The lowest BCUT2D eigenvalue weighted by Crippen LogP contribution is -2.52. The number of amides is 2. The van der Waals surface area contributed by atoms with E-state index in [-0.39, 0.29) is 23.1 Å². The molecule has 0 saturated carbocycles. The molecule has 0 saturated heterocycles. The van der Waals surface area contributed by atoms with E-state index in [1.165, 1.54) is 11.8 Å². The fourth-order valence-electron chi connectivity index (χ4n) is 2.94. The van der Waals surface area contributed by atoms with Gasteiger partial charge in [-0.3, -0.25) is 9.59 Å². The maximum Gasteiger partial charge on any atom is 0.242 e. The monoisotopic (exact) mass is 462 g/mol. The Balaban J connectivity index is 2.11. The number of benzene rings is 2. The molecule has 0 radical (unpaired) electrons. The zero-order valence-corrected chi connectivity index (χ0v) is 20.3. The van der Waals surface area contributed by atoms with E-state index in [9.17, 15) is 9.59 Å². The van der Waals surface area contributed by atoms with Crippen molar-refractivity contribution in [2.24, 2.45) is 0 Å². The molecule has 1 N–H and O–H groups in total. The number of thioether (sulfide) groups is 1. The molecule has 2 amide bonds. The van der Waals surface area contributed by atoms with Crippen LogP contribution in [0.2, 0.25) is 5.02 Å². The van der Waals surface area contributed by atoms with Crippen LogP contribution in [0.1, 0.15) is 38.8 Å². The summed E-state index contributed by atoms with van der Waals surface area (Å²) in [5, 5.41) is 3.66. The van der Waals surface area contributed by atoms with Gasteiger partial charge in [0.25, 0.3) is 0 Å². The molecule has 5 nitrogen and oxygen atoms in total. The molecular weight excluding hydrogens is 432 g/mol. The Morgan fingerprint density at radius 2 is 1.81 bits per heavy atom. The predicted molar refractivity (Wildman–Crippen MR) is 129 cm³/mol. The Morgan fingerprint density at radius 1 is 1.13 bits per heavy atom. The molecule has 0 aromatic heterocycles. The molecule has 2 aromatic carbocycles. The van der Waals surface area contributed by atoms with E-state index >= 15 is 0 Å². The summed E-state index contributed by atoms with van der Waals surface area (Å²) in [6, 6.07) is 14.5. The fourth-order valence-corrected chi connectivity index (χ4v) is 3.94. The summed E-state index contributed by atoms with van der Waals surface area (Å²) in [4.78, 5) is 27.6. The van der Waals surface area contributed by atoms with Crippen LogP contribution in [0.4, 0.5) is 0 Å². The van der Waals surface area contributed by atoms with Crippen LogP contribution in [0, 0.1) is 0 Å². The van der Waals surface area contributed by atoms with E-state index in [2.05, 4.69) is 5.32 Å². The largest absolute Gasteiger partial charge is 0.497 e. The van der Waals surface area contributed by atoms with Gasteiger partial charge < -0.3 is 15.0 Å². The van der Waals surface area contributed by atoms with Crippen molar-refractivity contribution >= 4 is 35.2 Å². The van der Waals surface area contributed by atoms with Gasteiger partial charge in [-0.1, -0.05) is 35.9 Å². The number of rotatable bonds is 9. The van der Waals surface area contributed by atoms with Crippen molar-refractivity contribution in [2.75, 3.05) is 12.9 Å². The van der Waals surface area contributed by atoms with Crippen LogP contribution in [0.5, 0.6) is 5.75 Å². The first kappa shape index (κ1) is 25.1. The molecule has 0 aliphatic heterocycles. The number of hydrogen-bond donors (Lipinski definition) is 1. The second-order valence-electron chi connectivity index (χ2n) is 8.41. The van der Waals surface area contributed by atoms with Gasteiger partial charge in [-0.05, 0) is 63.1 Å². The lowest BCUT2D eigenvalue weighted by molar-refractivity contribution is -0.139. The van der Waals surface area contributed by atoms with Gasteiger partial charge >= 0.3 is 0 Å². The Bertz CT molecular complexity index is 881. The van der Waals surface area contributed by atoms with Crippen LogP contribution in [-0.4, -0.2) is 41.2 Å². The molecule has 1 unspecified atom stereocenters. The van der Waals surface area contributed by atoms with E-state index in [1.807, 2.05) is 69.3 Å². The van der Waals surface area contributed by atoms with Crippen molar-refractivity contribution in [2.45, 2.75) is 51.6 Å². The van der Waals surface area contributed by atoms with Crippen molar-refractivity contribution in [3.8, 4) is 5.75 Å². The van der Waals surface area contributed by atoms with E-state index < -0.39 is 6.04 Å². The number of carbonyl (C=O) groups excluding carboxylic acids is 2. The van der Waals surface area contributed by atoms with Crippen molar-refractivity contribution in [1.82, 2.24) is 10.2 Å². The number of methoxy groups -OCH3 is 1. The van der Waals surface area contributed by atoms with Gasteiger partial charge in [0.15, 0.2) is 0 Å². The molecule has 7 heteroatoms. The molecule has 31 heavy (non-hydrogen) atoms. The maximum absolute atomic E-state index is 13.1. The summed E-state index contributed by atoms with van der Waals surface area (Å²) in [6.45, 7) is 7.87. The second-order valence-corrected chi connectivity index (χ2v) is 9.83. The molecular formula is C24H31ClN2O3S. The molecule has 168 valence electrons. The van der Waals surface area contributed by atoms with Crippen LogP contribution >= 0.6 is 23.4 Å². The van der Waals surface area contributed by atoms with Crippen LogP contribution in [0.25, 0.3) is 0 Å². The van der Waals surface area contributed by atoms with Crippen LogP contribution < -0.4 is 10.1 Å². The van der Waals surface area contributed by atoms with Crippen molar-refractivity contribution in [3.63, 3.8) is 0 Å². The zero-order chi connectivity index (χ0) is 23.0. The third-order valence-corrected chi connectivity index (χ3v) is 5.80. The first-order valence-electron chi connectivity index (χ1n) is 10.2. The van der Waals surface area contributed by atoms with E-state index in [4.69, 9.17) is 16.3 Å². The normalized spacial score (nSPS) is 12.2. The molecule has 2 rings (SSSR count). The number of ether oxygens (including phenoxy) is 1.